The van der Waals surface area contributed by atoms with Crippen LogP contribution in [0.4, 0.5) is 5.95 Å². The molecule has 5 aromatic rings. The van der Waals surface area contributed by atoms with Crippen LogP contribution in [0.3, 0.4) is 0 Å². The van der Waals surface area contributed by atoms with Gasteiger partial charge in [-0.2, -0.15) is 0 Å². The number of rotatable bonds is 8. The highest BCUT2D eigenvalue weighted by Gasteiger charge is 2.22. The highest BCUT2D eigenvalue weighted by Crippen LogP contribution is 2.25. The van der Waals surface area contributed by atoms with Gasteiger partial charge >= 0.3 is 0 Å². The Hall–Kier alpha value is -4.62. The van der Waals surface area contributed by atoms with Crippen LogP contribution in [0.25, 0.3) is 16.9 Å². The lowest BCUT2D eigenvalue weighted by Crippen LogP contribution is -2.37. The molecule has 5 rings (SSSR count). The number of nitrogens with one attached hydrogen (secondary N) is 1. The highest BCUT2D eigenvalue weighted by atomic mass is 35.5. The molecule has 0 atom stereocenters. The van der Waals surface area contributed by atoms with Crippen LogP contribution in [-0.4, -0.2) is 32.8 Å². The Morgan fingerprint density at radius 3 is 2.38 bits per heavy atom. The van der Waals surface area contributed by atoms with Gasteiger partial charge in [-0.1, -0.05) is 66.2 Å². The summed E-state index contributed by atoms with van der Waals surface area (Å²) in [6.45, 7) is -0.0519. The van der Waals surface area contributed by atoms with Crippen LogP contribution in [0.5, 0.6) is 0 Å². The molecule has 0 bridgehead atoms. The highest BCUT2D eigenvalue weighted by molar-refractivity contribution is 6.30. The first-order valence-corrected chi connectivity index (χ1v) is 12.0. The van der Waals surface area contributed by atoms with Crippen LogP contribution in [-0.2, 0) is 11.3 Å². The van der Waals surface area contributed by atoms with Gasteiger partial charge in [0.1, 0.15) is 12.3 Å². The molecule has 8 heteroatoms. The Balaban J connectivity index is 1.43. The molecule has 37 heavy (non-hydrogen) atoms. The van der Waals surface area contributed by atoms with Crippen LogP contribution >= 0.6 is 11.6 Å². The number of furan rings is 1. The summed E-state index contributed by atoms with van der Waals surface area (Å²) in [5.41, 5.74) is 2.81. The molecule has 3 aromatic carbocycles. The number of imidazole rings is 1. The molecule has 0 spiro atoms. The minimum Gasteiger partial charge on any atom is -0.467 e. The van der Waals surface area contributed by atoms with Gasteiger partial charge in [-0.3, -0.25) is 19.5 Å². The van der Waals surface area contributed by atoms with Gasteiger partial charge in [0.2, 0.25) is 11.9 Å². The van der Waals surface area contributed by atoms with E-state index in [1.165, 1.54) is 11.2 Å². The van der Waals surface area contributed by atoms with Gasteiger partial charge in [-0.15, -0.1) is 0 Å². The summed E-state index contributed by atoms with van der Waals surface area (Å²) in [5.74, 6) is 0.208. The minimum absolute atomic E-state index is 0.145. The molecular weight excluding hydrogens is 488 g/mol. The van der Waals surface area contributed by atoms with E-state index in [1.54, 1.807) is 53.1 Å². The first-order chi connectivity index (χ1) is 18.1. The van der Waals surface area contributed by atoms with Gasteiger partial charge in [-0.05, 0) is 42.5 Å². The zero-order chi connectivity index (χ0) is 25.6. The molecule has 1 N–H and O–H groups in total. The van der Waals surface area contributed by atoms with Crippen LogP contribution in [0, 0.1) is 0 Å². The van der Waals surface area contributed by atoms with Crippen molar-refractivity contribution < 1.29 is 14.0 Å². The third kappa shape index (κ3) is 5.79. The van der Waals surface area contributed by atoms with Crippen molar-refractivity contribution in [2.45, 2.75) is 6.54 Å². The molecule has 0 fully saturated rings. The van der Waals surface area contributed by atoms with Gasteiger partial charge in [0.05, 0.1) is 18.5 Å². The lowest BCUT2D eigenvalue weighted by Gasteiger charge is -2.21. The first kappa shape index (κ1) is 24.1. The molecule has 0 radical (unpaired) electrons. The Morgan fingerprint density at radius 2 is 1.68 bits per heavy atom. The van der Waals surface area contributed by atoms with E-state index in [9.17, 15) is 9.59 Å². The Morgan fingerprint density at radius 1 is 0.919 bits per heavy atom. The number of aromatic nitrogens is 2. The number of nitrogens with zero attached hydrogens (tertiary/aromatic N) is 3. The quantitative estimate of drug-likeness (QED) is 0.275. The molecule has 2 aromatic heterocycles. The van der Waals surface area contributed by atoms with Crippen LogP contribution in [0.1, 0.15) is 16.1 Å². The Labute approximate surface area is 218 Å². The zero-order valence-electron chi connectivity index (χ0n) is 19.8. The summed E-state index contributed by atoms with van der Waals surface area (Å²) < 4.78 is 7.20. The fourth-order valence-electron chi connectivity index (χ4n) is 3.93. The van der Waals surface area contributed by atoms with Crippen molar-refractivity contribution in [3.05, 3.63) is 126 Å². The molecule has 0 aliphatic rings. The zero-order valence-corrected chi connectivity index (χ0v) is 20.5. The average Bonchev–Trinajstić information content (AvgIpc) is 3.59. The van der Waals surface area contributed by atoms with E-state index in [0.717, 1.165) is 11.3 Å². The van der Waals surface area contributed by atoms with Crippen molar-refractivity contribution in [3.63, 3.8) is 0 Å². The number of benzene rings is 3. The summed E-state index contributed by atoms with van der Waals surface area (Å²) in [6, 6.07) is 29.3. The molecule has 2 heterocycles. The van der Waals surface area contributed by atoms with Gasteiger partial charge in [-0.25, -0.2) is 4.98 Å². The summed E-state index contributed by atoms with van der Waals surface area (Å²) >= 11 is 6.23. The van der Waals surface area contributed by atoms with Gasteiger partial charge in [0.25, 0.3) is 5.91 Å². The van der Waals surface area contributed by atoms with E-state index in [0.29, 0.717) is 28.0 Å². The minimum atomic E-state index is -0.399. The average molecular weight is 511 g/mol. The van der Waals surface area contributed by atoms with E-state index in [-0.39, 0.29) is 19.0 Å². The maximum Gasteiger partial charge on any atom is 0.254 e. The number of hydrogen-bond donors (Lipinski definition) is 1. The number of amides is 2. The maximum absolute atomic E-state index is 13.3. The second-order valence-electron chi connectivity index (χ2n) is 8.32. The summed E-state index contributed by atoms with van der Waals surface area (Å²) in [7, 11) is 0. The standard InChI is InChI=1S/C29H23ClN4O3/c30-23-13-7-14-24(17-23)34-19-26(21-9-3-1-4-10-21)31-29(34)32-27(35)20-33(18-25-15-8-16-37-25)28(36)22-11-5-2-6-12-22/h1-17,19H,18,20H2,(H,31,32,35). The van der Waals surface area contributed by atoms with Gasteiger partial charge in [0, 0.05) is 28.0 Å². The van der Waals surface area contributed by atoms with E-state index < -0.39 is 5.91 Å². The molecule has 0 saturated heterocycles. The fourth-order valence-corrected chi connectivity index (χ4v) is 4.11. The van der Waals surface area contributed by atoms with Crippen molar-refractivity contribution in [3.8, 4) is 16.9 Å². The second kappa shape index (κ2) is 11.0. The second-order valence-corrected chi connectivity index (χ2v) is 8.76. The number of halogens is 1. The predicted octanol–water partition coefficient (Wildman–Crippen LogP) is 6.07. The van der Waals surface area contributed by atoms with Crippen molar-refractivity contribution in [2.75, 3.05) is 11.9 Å². The molecule has 2 amide bonds. The van der Waals surface area contributed by atoms with Gasteiger partial charge < -0.3 is 9.32 Å². The molecular formula is C29H23ClN4O3. The third-order valence-corrected chi connectivity index (χ3v) is 5.92. The SMILES string of the molecule is O=C(CN(Cc1ccco1)C(=O)c1ccccc1)Nc1nc(-c2ccccc2)cn1-c1cccc(Cl)c1. The smallest absolute Gasteiger partial charge is 0.254 e. The lowest BCUT2D eigenvalue weighted by atomic mass is 10.2. The monoisotopic (exact) mass is 510 g/mol. The maximum atomic E-state index is 13.3. The Kier molecular flexibility index (Phi) is 7.14. The molecule has 0 saturated carbocycles. The predicted molar refractivity (Wildman–Crippen MR) is 143 cm³/mol. The number of hydrogen-bond acceptors (Lipinski definition) is 4. The fraction of sp³-hybridized carbons (Fsp3) is 0.0690. The molecule has 0 aliphatic heterocycles. The Bertz CT molecular complexity index is 1500. The first-order valence-electron chi connectivity index (χ1n) is 11.6. The number of carbonyl (C=O) groups excluding carboxylic acids is 2. The van der Waals surface area contributed by atoms with E-state index in [4.69, 9.17) is 16.0 Å². The summed E-state index contributed by atoms with van der Waals surface area (Å²) in [5, 5.41) is 3.44. The third-order valence-electron chi connectivity index (χ3n) is 5.68. The van der Waals surface area contributed by atoms with Crippen molar-refractivity contribution in [1.82, 2.24) is 14.5 Å². The van der Waals surface area contributed by atoms with E-state index in [1.807, 2.05) is 54.7 Å². The van der Waals surface area contributed by atoms with Crippen molar-refractivity contribution >= 4 is 29.4 Å². The van der Waals surface area contributed by atoms with Crippen molar-refractivity contribution in [2.24, 2.45) is 0 Å². The summed E-state index contributed by atoms with van der Waals surface area (Å²) in [4.78, 5) is 32.6. The van der Waals surface area contributed by atoms with Gasteiger partial charge in [0.15, 0.2) is 0 Å². The van der Waals surface area contributed by atoms with E-state index >= 15 is 0 Å². The lowest BCUT2D eigenvalue weighted by molar-refractivity contribution is -0.117. The molecule has 0 aliphatic carbocycles. The van der Waals surface area contributed by atoms with Crippen LogP contribution < -0.4 is 5.32 Å². The normalized spacial score (nSPS) is 10.7. The number of anilines is 1. The largest absolute Gasteiger partial charge is 0.467 e. The number of carbonyl (C=O) groups is 2. The topological polar surface area (TPSA) is 80.4 Å². The van der Waals surface area contributed by atoms with Crippen LogP contribution in [0.15, 0.2) is 114 Å². The van der Waals surface area contributed by atoms with Crippen molar-refractivity contribution in [1.29, 1.82) is 0 Å². The summed E-state index contributed by atoms with van der Waals surface area (Å²) in [6.07, 6.45) is 3.37. The molecule has 7 nitrogen and oxygen atoms in total. The van der Waals surface area contributed by atoms with Crippen LogP contribution in [0.2, 0.25) is 5.02 Å². The molecule has 0 unspecified atom stereocenters. The molecule has 184 valence electrons. The van der Waals surface area contributed by atoms with E-state index in [2.05, 4.69) is 10.3 Å².